The maximum absolute atomic E-state index is 13.4. The number of aliphatic hydroxyl groups is 1. The fraction of sp³-hybridized carbons (Fsp3) is 0.535. The van der Waals surface area contributed by atoms with Crippen molar-refractivity contribution in [1.29, 1.82) is 0 Å². The van der Waals surface area contributed by atoms with Crippen molar-refractivity contribution < 1.29 is 28.9 Å². The molecule has 3 aromatic rings. The molecule has 0 bridgehead atoms. The van der Waals surface area contributed by atoms with E-state index in [1.807, 2.05) is 49.4 Å². The highest BCUT2D eigenvalue weighted by Gasteiger charge is 2.45. The molecule has 49 heavy (non-hydrogen) atoms. The highest BCUT2D eigenvalue weighted by Crippen LogP contribution is 2.48. The summed E-state index contributed by atoms with van der Waals surface area (Å²) in [4.78, 5) is 25.8. The fourth-order valence-corrected chi connectivity index (χ4v) is 7.93. The first-order valence-corrected chi connectivity index (χ1v) is 18.6. The van der Waals surface area contributed by atoms with Crippen LogP contribution < -0.4 is 4.74 Å². The Labute approximate surface area is 293 Å². The molecule has 0 heterocycles. The molecule has 0 saturated heterocycles. The van der Waals surface area contributed by atoms with Gasteiger partial charge in [-0.05, 0) is 116 Å². The number of carbonyl (C=O) groups excluding carboxylic acids is 2. The molecule has 1 fully saturated rings. The summed E-state index contributed by atoms with van der Waals surface area (Å²) in [5.41, 5.74) is 5.60. The van der Waals surface area contributed by atoms with Crippen LogP contribution >= 0.6 is 0 Å². The van der Waals surface area contributed by atoms with Gasteiger partial charge in [-0.2, -0.15) is 0 Å². The van der Waals surface area contributed by atoms with E-state index in [9.17, 15) is 14.7 Å². The molecule has 6 nitrogen and oxygen atoms in total. The average Bonchev–Trinajstić information content (AvgIpc) is 3.41. The fourth-order valence-electron chi connectivity index (χ4n) is 7.93. The third-order valence-electron chi connectivity index (χ3n) is 10.6. The first kappa shape index (κ1) is 36.6. The van der Waals surface area contributed by atoms with Crippen molar-refractivity contribution in [3.8, 4) is 5.75 Å². The molecule has 6 heteroatoms. The van der Waals surface area contributed by atoms with E-state index in [2.05, 4.69) is 51.1 Å². The highest BCUT2D eigenvalue weighted by molar-refractivity contribution is 5.77. The third kappa shape index (κ3) is 10.2. The van der Waals surface area contributed by atoms with E-state index in [0.29, 0.717) is 17.8 Å². The monoisotopic (exact) mass is 668 g/mol. The molecule has 1 saturated carbocycles. The second-order valence-corrected chi connectivity index (χ2v) is 14.8. The van der Waals surface area contributed by atoms with Crippen LogP contribution in [0.1, 0.15) is 106 Å². The van der Waals surface area contributed by atoms with Crippen molar-refractivity contribution in [2.75, 3.05) is 6.61 Å². The second kappa shape index (κ2) is 17.8. The number of hydrogen-bond donors (Lipinski definition) is 1. The lowest BCUT2D eigenvalue weighted by molar-refractivity contribution is -0.151. The van der Waals surface area contributed by atoms with Gasteiger partial charge in [0.25, 0.3) is 0 Å². The first-order valence-electron chi connectivity index (χ1n) is 18.6. The number of unbranched alkanes of at least 4 members (excludes halogenated alkanes) is 2. The number of benzene rings is 3. The predicted molar refractivity (Wildman–Crippen MR) is 193 cm³/mol. The van der Waals surface area contributed by atoms with Crippen molar-refractivity contribution in [2.24, 2.45) is 23.7 Å². The summed E-state index contributed by atoms with van der Waals surface area (Å²) in [5.74, 6) is 1.33. The van der Waals surface area contributed by atoms with Gasteiger partial charge in [-0.15, -0.1) is 0 Å². The van der Waals surface area contributed by atoms with Crippen molar-refractivity contribution >= 4 is 11.9 Å². The summed E-state index contributed by atoms with van der Waals surface area (Å²) in [6.07, 6.45) is 8.68. The third-order valence-corrected chi connectivity index (χ3v) is 10.6. The molecule has 0 amide bonds. The summed E-state index contributed by atoms with van der Waals surface area (Å²) in [5, 5.41) is 11.3. The van der Waals surface area contributed by atoms with Gasteiger partial charge in [-0.1, -0.05) is 100 Å². The van der Waals surface area contributed by atoms with E-state index in [4.69, 9.17) is 14.2 Å². The molecule has 0 aromatic heterocycles. The minimum Gasteiger partial charge on any atom is -0.482 e. The van der Waals surface area contributed by atoms with E-state index in [-0.39, 0.29) is 43.2 Å². The van der Waals surface area contributed by atoms with Crippen LogP contribution in [-0.4, -0.2) is 35.9 Å². The van der Waals surface area contributed by atoms with Crippen molar-refractivity contribution in [1.82, 2.24) is 0 Å². The van der Waals surface area contributed by atoms with Gasteiger partial charge in [0.15, 0.2) is 6.61 Å². The van der Waals surface area contributed by atoms with Gasteiger partial charge in [-0.25, -0.2) is 4.79 Å². The average molecular weight is 669 g/mol. The molecule has 264 valence electrons. The van der Waals surface area contributed by atoms with E-state index in [1.165, 1.54) is 11.1 Å². The Morgan fingerprint density at radius 1 is 0.878 bits per heavy atom. The molecular formula is C43H56O6. The highest BCUT2D eigenvalue weighted by atomic mass is 16.6. The Morgan fingerprint density at radius 2 is 1.65 bits per heavy atom. The molecule has 0 spiro atoms. The Kier molecular flexibility index (Phi) is 13.3. The van der Waals surface area contributed by atoms with Crippen LogP contribution in [0.3, 0.4) is 0 Å². The zero-order valence-electron chi connectivity index (χ0n) is 29.9. The zero-order chi connectivity index (χ0) is 34.8. The summed E-state index contributed by atoms with van der Waals surface area (Å²) in [6.45, 7) is 8.65. The van der Waals surface area contributed by atoms with Crippen LogP contribution in [-0.2, 0) is 44.9 Å². The largest absolute Gasteiger partial charge is 0.482 e. The van der Waals surface area contributed by atoms with E-state index < -0.39 is 5.97 Å². The second-order valence-electron chi connectivity index (χ2n) is 14.8. The standard InChI is InChI=1S/C43H56O6/c1-5-6-8-15-36(49-43(46)30(4)33-19-17-31(18-20-33)23-29(2)3)21-22-37-38-24-34-14-11-16-41(39(34)25-35(38)26-40(37)44)47-28-42(45)48-27-32-12-9-7-10-13-32/h7,9-14,16-20,29-30,35-38,40,44H,5-6,8,15,21-28H2,1-4H3/t30?,35-,36-,37+,38-,40+/m0/s1. The van der Waals surface area contributed by atoms with Crippen molar-refractivity contribution in [3.05, 3.63) is 101 Å². The van der Waals surface area contributed by atoms with Gasteiger partial charge in [0.2, 0.25) is 0 Å². The molecule has 0 radical (unpaired) electrons. The number of carbonyl (C=O) groups is 2. The first-order chi connectivity index (χ1) is 23.7. The number of fused-ring (bicyclic) bond motifs is 2. The zero-order valence-corrected chi connectivity index (χ0v) is 29.9. The number of aliphatic hydroxyl groups excluding tert-OH is 1. The van der Waals surface area contributed by atoms with Crippen LogP contribution in [0.4, 0.5) is 0 Å². The van der Waals surface area contributed by atoms with Crippen molar-refractivity contribution in [2.45, 2.75) is 117 Å². The minimum absolute atomic E-state index is 0.136. The van der Waals surface area contributed by atoms with Gasteiger partial charge in [-0.3, -0.25) is 4.79 Å². The van der Waals surface area contributed by atoms with E-state index >= 15 is 0 Å². The van der Waals surface area contributed by atoms with Gasteiger partial charge >= 0.3 is 11.9 Å². The van der Waals surface area contributed by atoms with Crippen LogP contribution in [0.5, 0.6) is 5.75 Å². The summed E-state index contributed by atoms with van der Waals surface area (Å²) in [6, 6.07) is 24.1. The maximum atomic E-state index is 13.4. The van der Waals surface area contributed by atoms with Crippen molar-refractivity contribution in [3.63, 3.8) is 0 Å². The molecule has 5 rings (SSSR count). The predicted octanol–water partition coefficient (Wildman–Crippen LogP) is 8.80. The Hall–Kier alpha value is -3.64. The molecule has 3 aromatic carbocycles. The number of hydrogen-bond acceptors (Lipinski definition) is 6. The Bertz CT molecular complexity index is 1480. The number of esters is 2. The van der Waals surface area contributed by atoms with Crippen LogP contribution in [0.15, 0.2) is 72.8 Å². The topological polar surface area (TPSA) is 82.1 Å². The van der Waals surface area contributed by atoms with Gasteiger partial charge in [0.1, 0.15) is 18.5 Å². The van der Waals surface area contributed by atoms with Gasteiger partial charge in [0.05, 0.1) is 12.0 Å². The van der Waals surface area contributed by atoms with E-state index in [1.54, 1.807) is 0 Å². The molecule has 1 unspecified atom stereocenters. The van der Waals surface area contributed by atoms with Crippen LogP contribution in [0.25, 0.3) is 0 Å². The summed E-state index contributed by atoms with van der Waals surface area (Å²) >= 11 is 0. The SMILES string of the molecule is CCCCC[C@@H](CC[C@@H]1[C@H]2Cc3cccc(OCC(=O)OCc4ccccc4)c3C[C@H]2C[C@H]1O)OC(=O)C(C)c1ccc(CC(C)C)cc1. The summed E-state index contributed by atoms with van der Waals surface area (Å²) in [7, 11) is 0. The molecular weight excluding hydrogens is 612 g/mol. The molecule has 6 atom stereocenters. The molecule has 1 N–H and O–H groups in total. The van der Waals surface area contributed by atoms with Crippen LogP contribution in [0, 0.1) is 23.7 Å². The van der Waals surface area contributed by atoms with Crippen LogP contribution in [0.2, 0.25) is 0 Å². The Morgan fingerprint density at radius 3 is 2.39 bits per heavy atom. The number of rotatable bonds is 17. The normalized spacial score (nSPS) is 21.0. The quantitative estimate of drug-likeness (QED) is 0.114. The van der Waals surface area contributed by atoms with Gasteiger partial charge < -0.3 is 19.3 Å². The molecule has 2 aliphatic rings. The lowest BCUT2D eigenvalue weighted by Gasteiger charge is -2.33. The lowest BCUT2D eigenvalue weighted by Crippen LogP contribution is -2.29. The Balaban J connectivity index is 1.17. The molecule has 0 aliphatic heterocycles. The lowest BCUT2D eigenvalue weighted by atomic mass is 9.73. The summed E-state index contributed by atoms with van der Waals surface area (Å²) < 4.78 is 17.6. The smallest absolute Gasteiger partial charge is 0.344 e. The maximum Gasteiger partial charge on any atom is 0.344 e. The minimum atomic E-state index is -0.394. The number of ether oxygens (including phenoxy) is 3. The van der Waals surface area contributed by atoms with E-state index in [0.717, 1.165) is 86.6 Å². The van der Waals surface area contributed by atoms with Gasteiger partial charge in [0, 0.05) is 0 Å². The molecule has 2 aliphatic carbocycles.